The Balaban J connectivity index is 1.44. The SMILES string of the molecule is CCC(C)C(C(=O)NCC1CCCN2CCCCC12)N1Cc2ccccc2C1=O. The normalized spacial score (nSPS) is 26.6. The molecule has 0 bridgehead atoms. The summed E-state index contributed by atoms with van der Waals surface area (Å²) in [6.45, 7) is 7.89. The van der Waals surface area contributed by atoms with Gasteiger partial charge in [0.05, 0.1) is 0 Å². The van der Waals surface area contributed by atoms with Gasteiger partial charge in [-0.1, -0.05) is 44.9 Å². The topological polar surface area (TPSA) is 52.7 Å². The largest absolute Gasteiger partial charge is 0.354 e. The molecule has 0 spiro atoms. The summed E-state index contributed by atoms with van der Waals surface area (Å²) >= 11 is 0. The summed E-state index contributed by atoms with van der Waals surface area (Å²) in [4.78, 5) is 30.7. The summed E-state index contributed by atoms with van der Waals surface area (Å²) in [6.07, 6.45) is 7.17. The number of amides is 2. The minimum Gasteiger partial charge on any atom is -0.354 e. The zero-order chi connectivity index (χ0) is 20.4. The third-order valence-electron chi connectivity index (χ3n) is 7.40. The van der Waals surface area contributed by atoms with Crippen molar-refractivity contribution < 1.29 is 9.59 Å². The first-order valence-corrected chi connectivity index (χ1v) is 11.5. The number of piperidine rings is 2. The molecule has 4 unspecified atom stereocenters. The number of nitrogens with one attached hydrogen (secondary N) is 1. The molecular weight excluding hydrogens is 362 g/mol. The summed E-state index contributed by atoms with van der Waals surface area (Å²) in [5.41, 5.74) is 1.78. The summed E-state index contributed by atoms with van der Waals surface area (Å²) in [7, 11) is 0. The Kier molecular flexibility index (Phi) is 6.23. The highest BCUT2D eigenvalue weighted by atomic mass is 16.2. The highest BCUT2D eigenvalue weighted by Crippen LogP contribution is 2.31. The number of fused-ring (bicyclic) bond motifs is 2. The predicted octanol–water partition coefficient (Wildman–Crippen LogP) is 3.44. The Bertz CT molecular complexity index is 747. The van der Waals surface area contributed by atoms with Crippen LogP contribution in [-0.4, -0.2) is 53.3 Å². The number of carbonyl (C=O) groups is 2. The summed E-state index contributed by atoms with van der Waals surface area (Å²) in [5, 5.41) is 3.27. The first-order chi connectivity index (χ1) is 14.1. The van der Waals surface area contributed by atoms with Crippen LogP contribution in [0.2, 0.25) is 0 Å². The van der Waals surface area contributed by atoms with Gasteiger partial charge in [-0.2, -0.15) is 0 Å². The molecule has 1 aromatic carbocycles. The number of hydrogen-bond donors (Lipinski definition) is 1. The fourth-order valence-electron chi connectivity index (χ4n) is 5.58. The van der Waals surface area contributed by atoms with Gasteiger partial charge in [0.2, 0.25) is 5.91 Å². The second-order valence-corrected chi connectivity index (χ2v) is 9.17. The lowest BCUT2D eigenvalue weighted by Crippen LogP contribution is -2.54. The molecule has 3 aliphatic rings. The van der Waals surface area contributed by atoms with Gasteiger partial charge in [-0.3, -0.25) is 9.59 Å². The van der Waals surface area contributed by atoms with Crippen LogP contribution in [-0.2, 0) is 11.3 Å². The van der Waals surface area contributed by atoms with E-state index in [9.17, 15) is 9.59 Å². The van der Waals surface area contributed by atoms with E-state index in [1.54, 1.807) is 4.90 Å². The molecule has 5 nitrogen and oxygen atoms in total. The van der Waals surface area contributed by atoms with E-state index >= 15 is 0 Å². The lowest BCUT2D eigenvalue weighted by atomic mass is 9.83. The third-order valence-corrected chi connectivity index (χ3v) is 7.40. The van der Waals surface area contributed by atoms with Crippen molar-refractivity contribution in [3.05, 3.63) is 35.4 Å². The summed E-state index contributed by atoms with van der Waals surface area (Å²) in [5.74, 6) is 0.688. The molecule has 3 aliphatic heterocycles. The summed E-state index contributed by atoms with van der Waals surface area (Å²) < 4.78 is 0. The van der Waals surface area contributed by atoms with Crippen LogP contribution in [0.5, 0.6) is 0 Å². The quantitative estimate of drug-likeness (QED) is 0.800. The molecule has 4 atom stereocenters. The van der Waals surface area contributed by atoms with Gasteiger partial charge >= 0.3 is 0 Å². The molecule has 0 aromatic heterocycles. The number of carbonyl (C=O) groups excluding carboxylic acids is 2. The molecule has 2 saturated heterocycles. The molecule has 0 saturated carbocycles. The maximum atomic E-state index is 13.3. The van der Waals surface area contributed by atoms with E-state index in [-0.39, 0.29) is 17.7 Å². The van der Waals surface area contributed by atoms with Gasteiger partial charge in [0, 0.05) is 24.7 Å². The van der Waals surface area contributed by atoms with Crippen LogP contribution < -0.4 is 5.32 Å². The molecule has 1 N–H and O–H groups in total. The van der Waals surface area contributed by atoms with E-state index < -0.39 is 6.04 Å². The van der Waals surface area contributed by atoms with Crippen molar-refractivity contribution >= 4 is 11.8 Å². The Hall–Kier alpha value is -1.88. The van der Waals surface area contributed by atoms with E-state index in [1.807, 2.05) is 24.3 Å². The van der Waals surface area contributed by atoms with Crippen LogP contribution in [0.3, 0.4) is 0 Å². The van der Waals surface area contributed by atoms with Gasteiger partial charge in [0.1, 0.15) is 6.04 Å². The standard InChI is InChI=1S/C24H35N3O2/c1-3-17(2)22(27-16-19-9-4-5-11-20(19)24(27)29)23(28)25-15-18-10-8-14-26-13-7-6-12-21(18)26/h4-5,9,11,17-18,21-22H,3,6-8,10,12-16H2,1-2H3,(H,25,28). The molecule has 0 aliphatic carbocycles. The molecular formula is C24H35N3O2. The highest BCUT2D eigenvalue weighted by molar-refractivity contribution is 6.01. The monoisotopic (exact) mass is 397 g/mol. The van der Waals surface area contributed by atoms with Crippen molar-refractivity contribution in [2.24, 2.45) is 11.8 Å². The Labute approximate surface area is 174 Å². The molecule has 1 aromatic rings. The molecule has 2 amide bonds. The van der Waals surface area contributed by atoms with Gasteiger partial charge in [-0.15, -0.1) is 0 Å². The van der Waals surface area contributed by atoms with E-state index in [0.717, 1.165) is 24.1 Å². The number of hydrogen-bond acceptors (Lipinski definition) is 3. The van der Waals surface area contributed by atoms with Gasteiger partial charge in [-0.05, 0) is 62.2 Å². The van der Waals surface area contributed by atoms with Crippen molar-refractivity contribution in [3.63, 3.8) is 0 Å². The lowest BCUT2D eigenvalue weighted by molar-refractivity contribution is -0.127. The van der Waals surface area contributed by atoms with Crippen LogP contribution in [0.25, 0.3) is 0 Å². The average molecular weight is 398 g/mol. The number of benzene rings is 1. The average Bonchev–Trinajstić information content (AvgIpc) is 3.08. The maximum Gasteiger partial charge on any atom is 0.255 e. The molecule has 0 radical (unpaired) electrons. The second kappa shape index (κ2) is 8.86. The minimum atomic E-state index is -0.397. The van der Waals surface area contributed by atoms with Crippen LogP contribution in [0.4, 0.5) is 0 Å². The first kappa shape index (κ1) is 20.4. The van der Waals surface area contributed by atoms with E-state index in [2.05, 4.69) is 24.1 Å². The minimum absolute atomic E-state index is 0.00262. The Morgan fingerprint density at radius 3 is 2.76 bits per heavy atom. The van der Waals surface area contributed by atoms with E-state index in [0.29, 0.717) is 18.5 Å². The zero-order valence-electron chi connectivity index (χ0n) is 17.9. The molecule has 2 fully saturated rings. The molecule has 29 heavy (non-hydrogen) atoms. The zero-order valence-corrected chi connectivity index (χ0v) is 17.9. The maximum absolute atomic E-state index is 13.3. The van der Waals surface area contributed by atoms with Crippen LogP contribution in [0, 0.1) is 11.8 Å². The van der Waals surface area contributed by atoms with Gasteiger partial charge in [-0.25, -0.2) is 0 Å². The fraction of sp³-hybridized carbons (Fsp3) is 0.667. The molecule has 4 rings (SSSR count). The Morgan fingerprint density at radius 2 is 1.97 bits per heavy atom. The molecule has 158 valence electrons. The van der Waals surface area contributed by atoms with Crippen molar-refractivity contribution in [2.75, 3.05) is 19.6 Å². The molecule has 5 heteroatoms. The van der Waals surface area contributed by atoms with E-state index in [4.69, 9.17) is 0 Å². The van der Waals surface area contributed by atoms with Gasteiger partial charge in [0.25, 0.3) is 5.91 Å². The summed E-state index contributed by atoms with van der Waals surface area (Å²) in [6, 6.07) is 7.97. The Morgan fingerprint density at radius 1 is 1.17 bits per heavy atom. The van der Waals surface area contributed by atoms with Gasteiger partial charge < -0.3 is 15.1 Å². The van der Waals surface area contributed by atoms with Crippen LogP contribution in [0.1, 0.15) is 68.3 Å². The third kappa shape index (κ3) is 4.07. The van der Waals surface area contributed by atoms with E-state index in [1.165, 1.54) is 45.2 Å². The van der Waals surface area contributed by atoms with Crippen LogP contribution >= 0.6 is 0 Å². The van der Waals surface area contributed by atoms with Crippen molar-refractivity contribution in [1.29, 1.82) is 0 Å². The van der Waals surface area contributed by atoms with Crippen molar-refractivity contribution in [1.82, 2.24) is 15.1 Å². The molecule has 3 heterocycles. The fourth-order valence-corrected chi connectivity index (χ4v) is 5.58. The second-order valence-electron chi connectivity index (χ2n) is 9.17. The first-order valence-electron chi connectivity index (χ1n) is 11.5. The smallest absolute Gasteiger partial charge is 0.255 e. The number of rotatable bonds is 6. The predicted molar refractivity (Wildman–Crippen MR) is 115 cm³/mol. The lowest BCUT2D eigenvalue weighted by Gasteiger charge is -2.44. The van der Waals surface area contributed by atoms with Gasteiger partial charge in [0.15, 0.2) is 0 Å². The van der Waals surface area contributed by atoms with Crippen molar-refractivity contribution in [3.8, 4) is 0 Å². The number of nitrogens with zero attached hydrogens (tertiary/aromatic N) is 2. The highest BCUT2D eigenvalue weighted by Gasteiger charge is 2.39. The van der Waals surface area contributed by atoms with Crippen molar-refractivity contribution in [2.45, 2.75) is 71.0 Å². The van der Waals surface area contributed by atoms with Crippen LogP contribution in [0.15, 0.2) is 24.3 Å².